The molecular weight excluding hydrogens is 520 g/mol. The Morgan fingerprint density at radius 2 is 1.32 bits per heavy atom. The standard InChI is InChI=1S/C34H36O7/c1-5-6-7-26-8-10-28(11-9-26)32-22-30(39-19-20-40-33(36)24(2)3)16-17-31(32)27-12-14-29(15-13-27)38-18-21-41-34(37)25(4)23-35/h5,8-17,22,35H,1-2,4,6-7,18-21,23H2,3H3. The lowest BCUT2D eigenvalue weighted by Crippen LogP contribution is -2.14. The molecule has 0 aliphatic heterocycles. The highest BCUT2D eigenvalue weighted by molar-refractivity contribution is 5.88. The molecule has 0 radical (unpaired) electrons. The van der Waals surface area contributed by atoms with Gasteiger partial charge in [-0.3, -0.25) is 0 Å². The lowest BCUT2D eigenvalue weighted by Gasteiger charge is -2.15. The first kappa shape index (κ1) is 30.9. The summed E-state index contributed by atoms with van der Waals surface area (Å²) in [6.45, 7) is 12.5. The maximum absolute atomic E-state index is 11.6. The number of hydrogen-bond acceptors (Lipinski definition) is 7. The number of hydrogen-bond donors (Lipinski definition) is 1. The van der Waals surface area contributed by atoms with E-state index in [0.29, 0.717) is 17.1 Å². The van der Waals surface area contributed by atoms with Crippen molar-refractivity contribution in [1.82, 2.24) is 0 Å². The summed E-state index contributed by atoms with van der Waals surface area (Å²) in [6, 6.07) is 21.9. The second-order valence-electron chi connectivity index (χ2n) is 9.27. The normalized spacial score (nSPS) is 10.4. The zero-order valence-electron chi connectivity index (χ0n) is 23.4. The maximum Gasteiger partial charge on any atom is 0.335 e. The number of rotatable bonds is 16. The zero-order chi connectivity index (χ0) is 29.6. The van der Waals surface area contributed by atoms with Gasteiger partial charge in [-0.05, 0) is 71.8 Å². The molecule has 0 unspecified atom stereocenters. The number of ether oxygens (including phenoxy) is 4. The van der Waals surface area contributed by atoms with Crippen LogP contribution in [0.25, 0.3) is 22.3 Å². The van der Waals surface area contributed by atoms with E-state index in [2.05, 4.69) is 44.0 Å². The lowest BCUT2D eigenvalue weighted by molar-refractivity contribution is -0.140. The summed E-state index contributed by atoms with van der Waals surface area (Å²) in [5.41, 5.74) is 5.59. The van der Waals surface area contributed by atoms with E-state index < -0.39 is 18.5 Å². The van der Waals surface area contributed by atoms with Gasteiger partial charge in [-0.25, -0.2) is 9.59 Å². The molecule has 0 spiro atoms. The highest BCUT2D eigenvalue weighted by atomic mass is 16.6. The first-order chi connectivity index (χ1) is 19.8. The fourth-order valence-electron chi connectivity index (χ4n) is 3.83. The molecule has 0 aliphatic rings. The Morgan fingerprint density at radius 3 is 1.93 bits per heavy atom. The summed E-state index contributed by atoms with van der Waals surface area (Å²) in [7, 11) is 0. The van der Waals surface area contributed by atoms with Gasteiger partial charge in [0.25, 0.3) is 0 Å². The van der Waals surface area contributed by atoms with Crippen LogP contribution in [0.2, 0.25) is 0 Å². The topological polar surface area (TPSA) is 91.3 Å². The number of carbonyl (C=O) groups is 2. The molecule has 3 rings (SSSR count). The maximum atomic E-state index is 11.6. The Kier molecular flexibility index (Phi) is 11.9. The predicted molar refractivity (Wildman–Crippen MR) is 160 cm³/mol. The van der Waals surface area contributed by atoms with Gasteiger partial charge in [0.15, 0.2) is 0 Å². The lowest BCUT2D eigenvalue weighted by atomic mass is 9.93. The highest BCUT2D eigenvalue weighted by Gasteiger charge is 2.12. The average molecular weight is 557 g/mol. The van der Waals surface area contributed by atoms with Crippen LogP contribution in [0.4, 0.5) is 0 Å². The fourth-order valence-corrected chi connectivity index (χ4v) is 3.83. The van der Waals surface area contributed by atoms with Crippen molar-refractivity contribution in [3.63, 3.8) is 0 Å². The van der Waals surface area contributed by atoms with Crippen LogP contribution in [0.3, 0.4) is 0 Å². The van der Waals surface area contributed by atoms with Gasteiger partial charge in [-0.15, -0.1) is 6.58 Å². The molecule has 7 nitrogen and oxygen atoms in total. The van der Waals surface area contributed by atoms with Crippen LogP contribution >= 0.6 is 0 Å². The van der Waals surface area contributed by atoms with E-state index in [0.717, 1.165) is 35.1 Å². The molecule has 7 heteroatoms. The molecule has 0 fully saturated rings. The molecule has 0 atom stereocenters. The summed E-state index contributed by atoms with van der Waals surface area (Å²) in [5.74, 6) is 0.197. The van der Waals surface area contributed by atoms with Crippen molar-refractivity contribution >= 4 is 11.9 Å². The van der Waals surface area contributed by atoms with Crippen LogP contribution < -0.4 is 9.47 Å². The third-order valence-corrected chi connectivity index (χ3v) is 6.06. The summed E-state index contributed by atoms with van der Waals surface area (Å²) in [6.07, 6.45) is 3.76. The van der Waals surface area contributed by atoms with Crippen LogP contribution in [-0.2, 0) is 25.5 Å². The number of aryl methyl sites for hydroxylation is 1. The van der Waals surface area contributed by atoms with Crippen LogP contribution in [-0.4, -0.2) is 50.1 Å². The molecule has 0 aliphatic carbocycles. The van der Waals surface area contributed by atoms with E-state index >= 15 is 0 Å². The second-order valence-corrected chi connectivity index (χ2v) is 9.27. The van der Waals surface area contributed by atoms with E-state index in [1.807, 2.05) is 48.5 Å². The van der Waals surface area contributed by atoms with E-state index in [1.165, 1.54) is 5.56 Å². The summed E-state index contributed by atoms with van der Waals surface area (Å²) < 4.78 is 21.7. The van der Waals surface area contributed by atoms with E-state index in [4.69, 9.17) is 24.1 Å². The quantitative estimate of drug-likeness (QED) is 0.0985. The number of aliphatic hydroxyl groups is 1. The molecule has 3 aromatic carbocycles. The number of allylic oxidation sites excluding steroid dienone is 1. The molecule has 41 heavy (non-hydrogen) atoms. The van der Waals surface area contributed by atoms with Gasteiger partial charge in [-0.2, -0.15) is 0 Å². The minimum absolute atomic E-state index is 0.000748. The average Bonchev–Trinajstić information content (AvgIpc) is 3.00. The number of carbonyl (C=O) groups excluding carboxylic acids is 2. The second kappa shape index (κ2) is 15.8. The molecule has 3 aromatic rings. The predicted octanol–water partition coefficient (Wildman–Crippen LogP) is 6.11. The van der Waals surface area contributed by atoms with E-state index in [9.17, 15) is 9.59 Å². The fraction of sp³-hybridized carbons (Fsp3) is 0.235. The van der Waals surface area contributed by atoms with Gasteiger partial charge < -0.3 is 24.1 Å². The molecule has 214 valence electrons. The van der Waals surface area contributed by atoms with Crippen LogP contribution in [0.1, 0.15) is 18.9 Å². The monoisotopic (exact) mass is 556 g/mol. The Hall–Kier alpha value is -4.62. The van der Waals surface area contributed by atoms with Gasteiger partial charge in [0.1, 0.15) is 37.9 Å². The molecule has 0 heterocycles. The van der Waals surface area contributed by atoms with E-state index in [1.54, 1.807) is 6.92 Å². The summed E-state index contributed by atoms with van der Waals surface area (Å²) in [5, 5.41) is 8.93. The Balaban J connectivity index is 1.75. The molecule has 1 N–H and O–H groups in total. The SMILES string of the molecule is C=CCCc1ccc(-c2cc(OCCOC(=O)C(=C)C)ccc2-c2ccc(OCCOC(=O)C(=C)CO)cc2)cc1. The zero-order valence-corrected chi connectivity index (χ0v) is 23.4. The Bertz CT molecular complexity index is 1350. The number of aliphatic hydroxyl groups excluding tert-OH is 1. The van der Waals surface area contributed by atoms with Gasteiger partial charge in [0.2, 0.25) is 0 Å². The van der Waals surface area contributed by atoms with Gasteiger partial charge in [0, 0.05) is 5.57 Å². The molecule has 0 saturated carbocycles. The Labute approximate surface area is 241 Å². The third-order valence-electron chi connectivity index (χ3n) is 6.06. The highest BCUT2D eigenvalue weighted by Crippen LogP contribution is 2.36. The van der Waals surface area contributed by atoms with Crippen molar-refractivity contribution in [3.8, 4) is 33.8 Å². The largest absolute Gasteiger partial charge is 0.490 e. The summed E-state index contributed by atoms with van der Waals surface area (Å²) in [4.78, 5) is 23.2. The van der Waals surface area contributed by atoms with Crippen LogP contribution in [0, 0.1) is 0 Å². The summed E-state index contributed by atoms with van der Waals surface area (Å²) >= 11 is 0. The van der Waals surface area contributed by atoms with Crippen molar-refractivity contribution in [1.29, 1.82) is 0 Å². The van der Waals surface area contributed by atoms with Crippen molar-refractivity contribution in [2.75, 3.05) is 33.0 Å². The van der Waals surface area contributed by atoms with Gasteiger partial charge in [-0.1, -0.05) is 61.7 Å². The molecular formula is C34H36O7. The molecule has 0 aromatic heterocycles. The van der Waals surface area contributed by atoms with Crippen LogP contribution in [0.15, 0.2) is 104 Å². The first-order valence-electron chi connectivity index (χ1n) is 13.3. The van der Waals surface area contributed by atoms with Crippen molar-refractivity contribution in [2.45, 2.75) is 19.8 Å². The van der Waals surface area contributed by atoms with Crippen molar-refractivity contribution in [3.05, 3.63) is 109 Å². The Morgan fingerprint density at radius 1 is 0.756 bits per heavy atom. The number of benzene rings is 3. The molecule has 0 saturated heterocycles. The minimum Gasteiger partial charge on any atom is -0.490 e. The van der Waals surface area contributed by atoms with E-state index in [-0.39, 0.29) is 32.0 Å². The minimum atomic E-state index is -0.645. The van der Waals surface area contributed by atoms with Gasteiger partial charge in [0.05, 0.1) is 12.2 Å². The van der Waals surface area contributed by atoms with Crippen molar-refractivity contribution < 1.29 is 33.6 Å². The first-order valence-corrected chi connectivity index (χ1v) is 13.3. The number of esters is 2. The molecule has 0 bridgehead atoms. The third kappa shape index (κ3) is 9.51. The molecule has 0 amide bonds. The smallest absolute Gasteiger partial charge is 0.335 e. The van der Waals surface area contributed by atoms with Crippen molar-refractivity contribution in [2.24, 2.45) is 0 Å². The van der Waals surface area contributed by atoms with Crippen LogP contribution in [0.5, 0.6) is 11.5 Å². The van der Waals surface area contributed by atoms with Gasteiger partial charge >= 0.3 is 11.9 Å².